The molecular formula is C12H20N2. The van der Waals surface area contributed by atoms with Gasteiger partial charge in [0.05, 0.1) is 0 Å². The molecule has 2 heteroatoms. The van der Waals surface area contributed by atoms with Crippen LogP contribution in [0.25, 0.3) is 0 Å². The number of nitrogens with one attached hydrogen (secondary N) is 2. The zero-order chi connectivity index (χ0) is 10.4. The normalized spacial score (nSPS) is 12.8. The minimum atomic E-state index is 0.461. The highest BCUT2D eigenvalue weighted by Crippen LogP contribution is 2.16. The van der Waals surface area contributed by atoms with Gasteiger partial charge in [0.15, 0.2) is 0 Å². The van der Waals surface area contributed by atoms with Crippen molar-refractivity contribution in [2.24, 2.45) is 0 Å². The van der Waals surface area contributed by atoms with E-state index in [2.05, 4.69) is 41.8 Å². The molecule has 1 aromatic carbocycles. The van der Waals surface area contributed by atoms with Crippen molar-refractivity contribution in [3.63, 3.8) is 0 Å². The van der Waals surface area contributed by atoms with Gasteiger partial charge in [0.2, 0.25) is 0 Å². The van der Waals surface area contributed by atoms with E-state index in [4.69, 9.17) is 0 Å². The second-order valence-corrected chi connectivity index (χ2v) is 3.65. The predicted molar refractivity (Wildman–Crippen MR) is 61.5 cm³/mol. The van der Waals surface area contributed by atoms with Crippen LogP contribution in [-0.4, -0.2) is 20.6 Å². The summed E-state index contributed by atoms with van der Waals surface area (Å²) in [6.45, 7) is 3.17. The Hall–Kier alpha value is -0.860. The van der Waals surface area contributed by atoms with E-state index in [0.717, 1.165) is 13.0 Å². The van der Waals surface area contributed by atoms with Crippen LogP contribution >= 0.6 is 0 Å². The highest BCUT2D eigenvalue weighted by atomic mass is 14.9. The molecule has 0 amide bonds. The Morgan fingerprint density at radius 3 is 2.64 bits per heavy atom. The first-order valence-corrected chi connectivity index (χ1v) is 5.16. The summed E-state index contributed by atoms with van der Waals surface area (Å²) < 4.78 is 0. The van der Waals surface area contributed by atoms with Crippen LogP contribution in [0, 0.1) is 6.92 Å². The average molecular weight is 192 g/mol. The van der Waals surface area contributed by atoms with Crippen molar-refractivity contribution in [3.8, 4) is 0 Å². The predicted octanol–water partition coefficient (Wildman–Crippen LogP) is 1.87. The second-order valence-electron chi connectivity index (χ2n) is 3.65. The standard InChI is InChI=1S/C12H20N2/c1-10-5-4-6-11(9-10)12(14-3)7-8-13-2/h4-6,9,12-14H,7-8H2,1-3H3. The topological polar surface area (TPSA) is 24.1 Å². The molecule has 0 aliphatic carbocycles. The smallest absolute Gasteiger partial charge is 0.0329 e. The van der Waals surface area contributed by atoms with E-state index in [1.54, 1.807) is 0 Å². The third-order valence-electron chi connectivity index (χ3n) is 2.48. The van der Waals surface area contributed by atoms with Gasteiger partial charge in [-0.1, -0.05) is 29.8 Å². The Labute approximate surface area is 86.7 Å². The van der Waals surface area contributed by atoms with Crippen molar-refractivity contribution >= 4 is 0 Å². The molecule has 2 nitrogen and oxygen atoms in total. The lowest BCUT2D eigenvalue weighted by molar-refractivity contribution is 0.533. The molecule has 0 heterocycles. The van der Waals surface area contributed by atoms with Gasteiger partial charge >= 0.3 is 0 Å². The van der Waals surface area contributed by atoms with Crippen LogP contribution in [0.3, 0.4) is 0 Å². The average Bonchev–Trinajstić information content (AvgIpc) is 2.19. The van der Waals surface area contributed by atoms with Gasteiger partial charge in [-0.05, 0) is 39.5 Å². The summed E-state index contributed by atoms with van der Waals surface area (Å²) in [6, 6.07) is 9.14. The van der Waals surface area contributed by atoms with E-state index >= 15 is 0 Å². The van der Waals surface area contributed by atoms with Crippen molar-refractivity contribution < 1.29 is 0 Å². The van der Waals surface area contributed by atoms with Crippen LogP contribution in [-0.2, 0) is 0 Å². The Bertz CT molecular complexity index is 271. The number of aryl methyl sites for hydroxylation is 1. The lowest BCUT2D eigenvalue weighted by atomic mass is 10.0. The molecule has 1 atom stereocenters. The van der Waals surface area contributed by atoms with Gasteiger partial charge in [-0.2, -0.15) is 0 Å². The number of hydrogen-bond donors (Lipinski definition) is 2. The molecular weight excluding hydrogens is 172 g/mol. The van der Waals surface area contributed by atoms with Crippen LogP contribution in [0.1, 0.15) is 23.6 Å². The highest BCUT2D eigenvalue weighted by molar-refractivity contribution is 5.25. The van der Waals surface area contributed by atoms with Crippen molar-refractivity contribution in [1.82, 2.24) is 10.6 Å². The second kappa shape index (κ2) is 5.78. The fraction of sp³-hybridized carbons (Fsp3) is 0.500. The molecule has 0 saturated carbocycles. The van der Waals surface area contributed by atoms with Gasteiger partial charge in [0.1, 0.15) is 0 Å². The summed E-state index contributed by atoms with van der Waals surface area (Å²) in [4.78, 5) is 0. The first-order valence-electron chi connectivity index (χ1n) is 5.16. The molecule has 1 unspecified atom stereocenters. The van der Waals surface area contributed by atoms with Gasteiger partial charge in [-0.25, -0.2) is 0 Å². The quantitative estimate of drug-likeness (QED) is 0.744. The number of hydrogen-bond acceptors (Lipinski definition) is 2. The van der Waals surface area contributed by atoms with Gasteiger partial charge in [0, 0.05) is 6.04 Å². The number of benzene rings is 1. The van der Waals surface area contributed by atoms with Gasteiger partial charge in [0.25, 0.3) is 0 Å². The van der Waals surface area contributed by atoms with E-state index in [9.17, 15) is 0 Å². The minimum absolute atomic E-state index is 0.461. The molecule has 78 valence electrons. The monoisotopic (exact) mass is 192 g/mol. The molecule has 0 aliphatic heterocycles. The molecule has 0 fully saturated rings. The van der Waals surface area contributed by atoms with Crippen LogP contribution in [0.2, 0.25) is 0 Å². The maximum absolute atomic E-state index is 3.34. The lowest BCUT2D eigenvalue weighted by Crippen LogP contribution is -2.21. The van der Waals surface area contributed by atoms with E-state index in [1.165, 1.54) is 11.1 Å². The third kappa shape index (κ3) is 3.13. The minimum Gasteiger partial charge on any atom is -0.320 e. The van der Waals surface area contributed by atoms with Gasteiger partial charge in [-0.3, -0.25) is 0 Å². The maximum atomic E-state index is 3.34. The van der Waals surface area contributed by atoms with Crippen LogP contribution in [0.15, 0.2) is 24.3 Å². The van der Waals surface area contributed by atoms with Crippen molar-refractivity contribution in [3.05, 3.63) is 35.4 Å². The van der Waals surface area contributed by atoms with Crippen LogP contribution < -0.4 is 10.6 Å². The van der Waals surface area contributed by atoms with Crippen molar-refractivity contribution in [2.45, 2.75) is 19.4 Å². The Balaban J connectivity index is 2.68. The van der Waals surface area contributed by atoms with Crippen LogP contribution in [0.4, 0.5) is 0 Å². The van der Waals surface area contributed by atoms with E-state index in [-0.39, 0.29) is 0 Å². The van der Waals surface area contributed by atoms with Gasteiger partial charge < -0.3 is 10.6 Å². The summed E-state index contributed by atoms with van der Waals surface area (Å²) in [6.07, 6.45) is 1.12. The molecule has 1 rings (SSSR count). The molecule has 0 saturated heterocycles. The van der Waals surface area contributed by atoms with Crippen LogP contribution in [0.5, 0.6) is 0 Å². The lowest BCUT2D eigenvalue weighted by Gasteiger charge is -2.16. The maximum Gasteiger partial charge on any atom is 0.0329 e. The third-order valence-corrected chi connectivity index (χ3v) is 2.48. The SMILES string of the molecule is CNCCC(NC)c1cccc(C)c1. The highest BCUT2D eigenvalue weighted by Gasteiger charge is 2.07. The first kappa shape index (κ1) is 11.2. The summed E-state index contributed by atoms with van der Waals surface area (Å²) in [7, 11) is 4.01. The summed E-state index contributed by atoms with van der Waals surface area (Å²) in [5.41, 5.74) is 2.70. The Kier molecular flexibility index (Phi) is 4.63. The Morgan fingerprint density at radius 2 is 2.07 bits per heavy atom. The fourth-order valence-corrected chi connectivity index (χ4v) is 1.65. The zero-order valence-corrected chi connectivity index (χ0v) is 9.30. The molecule has 0 bridgehead atoms. The summed E-state index contributed by atoms with van der Waals surface area (Å²) in [5, 5.41) is 6.52. The summed E-state index contributed by atoms with van der Waals surface area (Å²) >= 11 is 0. The largest absolute Gasteiger partial charge is 0.320 e. The van der Waals surface area contributed by atoms with Gasteiger partial charge in [-0.15, -0.1) is 0 Å². The molecule has 14 heavy (non-hydrogen) atoms. The molecule has 0 aliphatic rings. The van der Waals surface area contributed by atoms with E-state index < -0.39 is 0 Å². The molecule has 2 N–H and O–H groups in total. The van der Waals surface area contributed by atoms with Crippen molar-refractivity contribution in [1.29, 1.82) is 0 Å². The fourth-order valence-electron chi connectivity index (χ4n) is 1.65. The van der Waals surface area contributed by atoms with E-state index in [0.29, 0.717) is 6.04 Å². The number of rotatable bonds is 5. The van der Waals surface area contributed by atoms with Crippen molar-refractivity contribution in [2.75, 3.05) is 20.6 Å². The zero-order valence-electron chi connectivity index (χ0n) is 9.30. The molecule has 0 aromatic heterocycles. The van der Waals surface area contributed by atoms with E-state index in [1.807, 2.05) is 14.1 Å². The first-order chi connectivity index (χ1) is 6.77. The molecule has 1 aromatic rings. The summed E-state index contributed by atoms with van der Waals surface area (Å²) in [5.74, 6) is 0. The molecule has 0 radical (unpaired) electrons. The Morgan fingerprint density at radius 1 is 1.29 bits per heavy atom. The molecule has 0 spiro atoms.